The Morgan fingerprint density at radius 3 is 2.32 bits per heavy atom. The number of amides is 2. The third-order valence-electron chi connectivity index (χ3n) is 3.46. The van der Waals surface area contributed by atoms with Crippen LogP contribution < -0.4 is 10.9 Å². The summed E-state index contributed by atoms with van der Waals surface area (Å²) in [6.07, 6.45) is 0. The van der Waals surface area contributed by atoms with Gasteiger partial charge in [0.1, 0.15) is 16.4 Å². The fourth-order valence-electron chi connectivity index (χ4n) is 2.25. The summed E-state index contributed by atoms with van der Waals surface area (Å²) >= 11 is 1.20. The number of carbonyl (C=O) groups is 2. The molecule has 0 bridgehead atoms. The number of benzene rings is 2. The Morgan fingerprint density at radius 2 is 1.60 bits per heavy atom. The highest BCUT2D eigenvalue weighted by molar-refractivity contribution is 7.12. The fraction of sp³-hybridized carbons (Fsp3) is 0. The molecular formula is C18H13FN2O3S. The van der Waals surface area contributed by atoms with Crippen LogP contribution in [0, 0.1) is 5.82 Å². The zero-order chi connectivity index (χ0) is 17.8. The average molecular weight is 356 g/mol. The summed E-state index contributed by atoms with van der Waals surface area (Å²) in [5.41, 5.74) is 5.96. The van der Waals surface area contributed by atoms with Crippen LogP contribution in [-0.4, -0.2) is 16.9 Å². The van der Waals surface area contributed by atoms with Crippen molar-refractivity contribution in [2.45, 2.75) is 0 Å². The third-order valence-corrected chi connectivity index (χ3v) is 4.38. The van der Waals surface area contributed by atoms with Gasteiger partial charge in [-0.1, -0.05) is 24.3 Å². The first-order chi connectivity index (χ1) is 12.1. The molecule has 0 aliphatic carbocycles. The number of halogens is 1. The topological polar surface area (TPSA) is 78.4 Å². The standard InChI is InChI=1S/C18H13FN2O3S/c19-12-7-5-11(6-8-12)13-9-10-25-16(13)18(24)21-20-17(23)14-3-1-2-4-15(14)22/h1-10,22H,(H,20,23)(H,21,24). The summed E-state index contributed by atoms with van der Waals surface area (Å²) in [6.45, 7) is 0. The van der Waals surface area contributed by atoms with Gasteiger partial charge in [-0.2, -0.15) is 0 Å². The molecule has 1 heterocycles. The van der Waals surface area contributed by atoms with Crippen LogP contribution in [0.15, 0.2) is 60.0 Å². The Labute approximate surface area is 146 Å². The highest BCUT2D eigenvalue weighted by atomic mass is 32.1. The zero-order valence-corrected chi connectivity index (χ0v) is 13.6. The molecular weight excluding hydrogens is 343 g/mol. The molecule has 0 fully saturated rings. The number of phenols is 1. The first-order valence-electron chi connectivity index (χ1n) is 7.28. The molecule has 0 aliphatic heterocycles. The molecule has 0 spiro atoms. The second-order valence-electron chi connectivity index (χ2n) is 5.10. The summed E-state index contributed by atoms with van der Waals surface area (Å²) in [5, 5.41) is 11.4. The van der Waals surface area contributed by atoms with E-state index in [1.54, 1.807) is 35.7 Å². The number of hydrazine groups is 1. The zero-order valence-electron chi connectivity index (χ0n) is 12.8. The van der Waals surface area contributed by atoms with Gasteiger partial charge in [0.15, 0.2) is 0 Å². The van der Waals surface area contributed by atoms with Crippen LogP contribution in [-0.2, 0) is 0 Å². The minimum absolute atomic E-state index is 0.0488. The van der Waals surface area contributed by atoms with Gasteiger partial charge in [0.25, 0.3) is 11.8 Å². The molecule has 1 aromatic heterocycles. The number of aromatic hydroxyl groups is 1. The van der Waals surface area contributed by atoms with Crippen LogP contribution in [0.3, 0.4) is 0 Å². The van der Waals surface area contributed by atoms with Crippen LogP contribution >= 0.6 is 11.3 Å². The number of thiophene rings is 1. The van der Waals surface area contributed by atoms with Gasteiger partial charge in [0, 0.05) is 5.56 Å². The predicted molar refractivity (Wildman–Crippen MR) is 92.8 cm³/mol. The second kappa shape index (κ2) is 7.14. The maximum absolute atomic E-state index is 13.0. The van der Waals surface area contributed by atoms with Gasteiger partial charge in [-0.25, -0.2) is 4.39 Å². The molecule has 0 unspecified atom stereocenters. The SMILES string of the molecule is O=C(NNC(=O)c1sccc1-c1ccc(F)cc1)c1ccccc1O. The lowest BCUT2D eigenvalue weighted by Crippen LogP contribution is -2.41. The molecule has 0 saturated heterocycles. The Hall–Kier alpha value is -3.19. The van der Waals surface area contributed by atoms with E-state index in [0.29, 0.717) is 16.0 Å². The molecule has 3 rings (SSSR count). The maximum atomic E-state index is 13.0. The van der Waals surface area contributed by atoms with Crippen molar-refractivity contribution >= 4 is 23.2 Å². The van der Waals surface area contributed by atoms with Crippen LogP contribution in [0.4, 0.5) is 4.39 Å². The Bertz CT molecular complexity index is 922. The van der Waals surface area contributed by atoms with Crippen LogP contribution in [0.1, 0.15) is 20.0 Å². The Kier molecular flexibility index (Phi) is 4.76. The van der Waals surface area contributed by atoms with E-state index >= 15 is 0 Å². The van der Waals surface area contributed by atoms with Crippen molar-refractivity contribution < 1.29 is 19.1 Å². The first kappa shape index (κ1) is 16.7. The average Bonchev–Trinajstić information content (AvgIpc) is 3.10. The molecule has 2 aromatic carbocycles. The third kappa shape index (κ3) is 3.67. The minimum Gasteiger partial charge on any atom is -0.507 e. The van der Waals surface area contributed by atoms with E-state index in [0.717, 1.165) is 0 Å². The molecule has 0 aliphatic rings. The number of carbonyl (C=O) groups excluding carboxylic acids is 2. The molecule has 3 aromatic rings. The second-order valence-corrected chi connectivity index (χ2v) is 6.01. The molecule has 0 atom stereocenters. The summed E-state index contributed by atoms with van der Waals surface area (Å²) in [4.78, 5) is 24.7. The summed E-state index contributed by atoms with van der Waals surface area (Å²) in [5.74, 6) is -1.68. The molecule has 7 heteroatoms. The lowest BCUT2D eigenvalue weighted by molar-refractivity contribution is 0.0847. The number of hydrogen-bond donors (Lipinski definition) is 3. The molecule has 126 valence electrons. The van der Waals surface area contributed by atoms with E-state index in [2.05, 4.69) is 10.9 Å². The highest BCUT2D eigenvalue weighted by Gasteiger charge is 2.16. The fourth-order valence-corrected chi connectivity index (χ4v) is 3.06. The maximum Gasteiger partial charge on any atom is 0.280 e. The largest absolute Gasteiger partial charge is 0.507 e. The van der Waals surface area contributed by atoms with Crippen molar-refractivity contribution in [2.75, 3.05) is 0 Å². The van der Waals surface area contributed by atoms with Gasteiger partial charge in [-0.3, -0.25) is 20.4 Å². The van der Waals surface area contributed by atoms with Gasteiger partial charge in [-0.15, -0.1) is 11.3 Å². The quantitative estimate of drug-likeness (QED) is 0.630. The van der Waals surface area contributed by atoms with E-state index < -0.39 is 11.8 Å². The van der Waals surface area contributed by atoms with E-state index in [-0.39, 0.29) is 17.1 Å². The highest BCUT2D eigenvalue weighted by Crippen LogP contribution is 2.28. The number of rotatable bonds is 3. The number of para-hydroxylation sites is 1. The predicted octanol–water partition coefficient (Wildman–Crippen LogP) is 3.33. The molecule has 0 radical (unpaired) electrons. The molecule has 2 amide bonds. The van der Waals surface area contributed by atoms with Crippen molar-refractivity contribution in [1.82, 2.24) is 10.9 Å². The monoisotopic (exact) mass is 356 g/mol. The lowest BCUT2D eigenvalue weighted by Gasteiger charge is -2.09. The molecule has 25 heavy (non-hydrogen) atoms. The minimum atomic E-state index is -0.633. The Morgan fingerprint density at radius 1 is 0.920 bits per heavy atom. The van der Waals surface area contributed by atoms with Gasteiger partial charge >= 0.3 is 0 Å². The normalized spacial score (nSPS) is 10.3. The molecule has 5 nitrogen and oxygen atoms in total. The van der Waals surface area contributed by atoms with Gasteiger partial charge in [0.05, 0.1) is 5.56 Å². The van der Waals surface area contributed by atoms with E-state index in [1.807, 2.05) is 0 Å². The van der Waals surface area contributed by atoms with Gasteiger partial charge in [0.2, 0.25) is 0 Å². The van der Waals surface area contributed by atoms with Gasteiger partial charge in [-0.05, 0) is 41.3 Å². The van der Waals surface area contributed by atoms with Crippen LogP contribution in [0.5, 0.6) is 5.75 Å². The van der Waals surface area contributed by atoms with E-state index in [4.69, 9.17) is 0 Å². The number of phenolic OH excluding ortho intramolecular Hbond substituents is 1. The summed E-state index contributed by atoms with van der Waals surface area (Å²) in [7, 11) is 0. The number of nitrogens with one attached hydrogen (secondary N) is 2. The van der Waals surface area contributed by atoms with E-state index in [1.165, 1.54) is 35.6 Å². The lowest BCUT2D eigenvalue weighted by atomic mass is 10.1. The van der Waals surface area contributed by atoms with Crippen molar-refractivity contribution in [1.29, 1.82) is 0 Å². The smallest absolute Gasteiger partial charge is 0.280 e. The molecule has 0 saturated carbocycles. The number of hydrogen-bond acceptors (Lipinski definition) is 4. The van der Waals surface area contributed by atoms with Crippen molar-refractivity contribution in [2.24, 2.45) is 0 Å². The summed E-state index contributed by atoms with van der Waals surface area (Å²) < 4.78 is 13.0. The van der Waals surface area contributed by atoms with Crippen LogP contribution in [0.25, 0.3) is 11.1 Å². The Balaban J connectivity index is 1.73. The molecule has 3 N–H and O–H groups in total. The van der Waals surface area contributed by atoms with E-state index in [9.17, 15) is 19.1 Å². The summed E-state index contributed by atoms with van der Waals surface area (Å²) in [6, 6.07) is 13.5. The van der Waals surface area contributed by atoms with Crippen LogP contribution in [0.2, 0.25) is 0 Å². The van der Waals surface area contributed by atoms with Crippen molar-refractivity contribution in [3.63, 3.8) is 0 Å². The van der Waals surface area contributed by atoms with Crippen molar-refractivity contribution in [3.05, 3.63) is 76.2 Å². The van der Waals surface area contributed by atoms with Crippen molar-refractivity contribution in [3.8, 4) is 16.9 Å². The first-order valence-corrected chi connectivity index (χ1v) is 8.16. The van der Waals surface area contributed by atoms with Gasteiger partial charge < -0.3 is 5.11 Å².